The van der Waals surface area contributed by atoms with Crippen LogP contribution in [0.4, 0.5) is 0 Å². The van der Waals surface area contributed by atoms with Crippen molar-refractivity contribution in [1.29, 1.82) is 0 Å². The van der Waals surface area contributed by atoms with Crippen LogP contribution in [0.2, 0.25) is 0 Å². The van der Waals surface area contributed by atoms with Crippen LogP contribution in [0.1, 0.15) is 42.5 Å². The monoisotopic (exact) mass is 303 g/mol. The Morgan fingerprint density at radius 2 is 2.05 bits per heavy atom. The molecule has 6 heteroatoms. The van der Waals surface area contributed by atoms with Crippen molar-refractivity contribution in [2.24, 2.45) is 5.92 Å². The topological polar surface area (TPSA) is 64.3 Å². The average molecular weight is 303 g/mol. The first-order valence-electron chi connectivity index (χ1n) is 7.46. The second-order valence-electron chi connectivity index (χ2n) is 5.98. The van der Waals surface area contributed by atoms with E-state index in [1.807, 2.05) is 0 Å². The van der Waals surface area contributed by atoms with E-state index in [1.165, 1.54) is 0 Å². The van der Waals surface area contributed by atoms with Crippen LogP contribution in [-0.4, -0.2) is 35.1 Å². The third kappa shape index (κ3) is 2.12. The number of fused-ring (bicyclic) bond motifs is 3. The van der Waals surface area contributed by atoms with Gasteiger partial charge in [0, 0.05) is 39.6 Å². The zero-order chi connectivity index (χ0) is 14.4. The molecule has 21 heavy (non-hydrogen) atoms. The quantitative estimate of drug-likeness (QED) is 0.796. The van der Waals surface area contributed by atoms with Crippen LogP contribution in [0.3, 0.4) is 0 Å². The summed E-state index contributed by atoms with van der Waals surface area (Å²) < 4.78 is 13.9. The maximum Gasteiger partial charge on any atom is 0.171 e. The standard InChI is InChI=1S/C15H17N3O2S/c19-14(13-9-17-18-6-2-5-16-15(13)18)10-7-11-3-1-4-12(8-10)21(11)20/h2,5-6,9-12H,1,3-4,7-8H2. The van der Waals surface area contributed by atoms with E-state index in [4.69, 9.17) is 0 Å². The zero-order valence-corrected chi connectivity index (χ0v) is 12.5. The lowest BCUT2D eigenvalue weighted by atomic mass is 9.85. The summed E-state index contributed by atoms with van der Waals surface area (Å²) in [5.74, 6) is 0.102. The Kier molecular flexibility index (Phi) is 3.14. The highest BCUT2D eigenvalue weighted by Gasteiger charge is 2.41. The van der Waals surface area contributed by atoms with E-state index in [2.05, 4.69) is 10.1 Å². The summed E-state index contributed by atoms with van der Waals surface area (Å²) in [6.45, 7) is 0. The number of carbonyl (C=O) groups is 1. The van der Waals surface area contributed by atoms with Gasteiger partial charge in [0.25, 0.3) is 0 Å². The predicted molar refractivity (Wildman–Crippen MR) is 79.6 cm³/mol. The van der Waals surface area contributed by atoms with E-state index < -0.39 is 10.8 Å². The SMILES string of the molecule is O=C(c1cnn2cccnc12)C1CC2CCCC(C1)S2=O. The Morgan fingerprint density at radius 3 is 2.81 bits per heavy atom. The largest absolute Gasteiger partial charge is 0.294 e. The van der Waals surface area contributed by atoms with Gasteiger partial charge >= 0.3 is 0 Å². The molecule has 0 radical (unpaired) electrons. The highest BCUT2D eigenvalue weighted by molar-refractivity contribution is 7.86. The molecule has 5 nitrogen and oxygen atoms in total. The first kappa shape index (κ1) is 13.1. The van der Waals surface area contributed by atoms with Gasteiger partial charge in [-0.25, -0.2) is 9.50 Å². The van der Waals surface area contributed by atoms with Gasteiger partial charge in [-0.3, -0.25) is 9.00 Å². The molecule has 2 aliphatic heterocycles. The van der Waals surface area contributed by atoms with E-state index in [1.54, 1.807) is 29.2 Å². The summed E-state index contributed by atoms with van der Waals surface area (Å²) in [5.41, 5.74) is 1.23. The van der Waals surface area contributed by atoms with Crippen LogP contribution in [0.15, 0.2) is 24.7 Å². The van der Waals surface area contributed by atoms with Gasteiger partial charge in [0.2, 0.25) is 0 Å². The molecule has 2 saturated heterocycles. The van der Waals surface area contributed by atoms with Gasteiger partial charge < -0.3 is 0 Å². The number of Topliss-reactive ketones (excluding diaryl/α,β-unsaturated/α-hetero) is 1. The molecular weight excluding hydrogens is 286 g/mol. The molecule has 2 aliphatic rings. The number of aromatic nitrogens is 3. The Morgan fingerprint density at radius 1 is 1.29 bits per heavy atom. The van der Waals surface area contributed by atoms with Crippen molar-refractivity contribution in [3.8, 4) is 0 Å². The first-order chi connectivity index (χ1) is 10.2. The predicted octanol–water partition coefficient (Wildman–Crippen LogP) is 1.99. The number of nitrogens with zero attached hydrogens (tertiary/aromatic N) is 3. The molecule has 2 fully saturated rings. The van der Waals surface area contributed by atoms with E-state index in [9.17, 15) is 9.00 Å². The number of hydrogen-bond donors (Lipinski definition) is 0. The summed E-state index contributed by atoms with van der Waals surface area (Å²) in [4.78, 5) is 17.1. The van der Waals surface area contributed by atoms with Gasteiger partial charge in [-0.2, -0.15) is 5.10 Å². The fourth-order valence-electron chi connectivity index (χ4n) is 3.67. The number of hydrogen-bond acceptors (Lipinski definition) is 4. The van der Waals surface area contributed by atoms with Crippen LogP contribution in [-0.2, 0) is 10.8 Å². The minimum atomic E-state index is -0.736. The van der Waals surface area contributed by atoms with Crippen molar-refractivity contribution < 1.29 is 9.00 Å². The molecule has 0 saturated carbocycles. The molecule has 0 amide bonds. The maximum absolute atomic E-state index is 12.8. The number of carbonyl (C=O) groups excluding carboxylic acids is 1. The Labute approximate surface area is 125 Å². The highest BCUT2D eigenvalue weighted by atomic mass is 32.2. The van der Waals surface area contributed by atoms with E-state index in [-0.39, 0.29) is 22.2 Å². The molecular formula is C15H17N3O2S. The normalized spacial score (nSPS) is 32.2. The molecule has 4 heterocycles. The van der Waals surface area contributed by atoms with Gasteiger partial charge in [-0.1, -0.05) is 6.42 Å². The third-order valence-electron chi connectivity index (χ3n) is 4.72. The molecule has 2 bridgehead atoms. The molecule has 0 N–H and O–H groups in total. The van der Waals surface area contributed by atoms with Gasteiger partial charge in [-0.05, 0) is 31.7 Å². The van der Waals surface area contributed by atoms with Crippen LogP contribution < -0.4 is 0 Å². The molecule has 0 aromatic carbocycles. The second-order valence-corrected chi connectivity index (χ2v) is 7.97. The second kappa shape index (κ2) is 5.02. The zero-order valence-electron chi connectivity index (χ0n) is 11.6. The molecule has 2 aromatic rings. The summed E-state index contributed by atoms with van der Waals surface area (Å²) in [6.07, 6.45) is 9.76. The van der Waals surface area contributed by atoms with Crippen molar-refractivity contribution in [3.63, 3.8) is 0 Å². The lowest BCUT2D eigenvalue weighted by Crippen LogP contribution is -2.41. The van der Waals surface area contributed by atoms with Gasteiger partial charge in [0.05, 0.1) is 11.8 Å². The van der Waals surface area contributed by atoms with Crippen molar-refractivity contribution in [2.45, 2.75) is 42.6 Å². The van der Waals surface area contributed by atoms with Gasteiger partial charge in [-0.15, -0.1) is 0 Å². The van der Waals surface area contributed by atoms with Crippen molar-refractivity contribution in [1.82, 2.24) is 14.6 Å². The Bertz CT molecular complexity index is 711. The summed E-state index contributed by atoms with van der Waals surface area (Å²) in [6, 6.07) is 1.79. The van der Waals surface area contributed by atoms with Gasteiger partial charge in [0.15, 0.2) is 11.4 Å². The fourth-order valence-corrected chi connectivity index (χ4v) is 5.86. The average Bonchev–Trinajstić information content (AvgIpc) is 2.90. The maximum atomic E-state index is 12.8. The summed E-state index contributed by atoms with van der Waals surface area (Å²) in [5, 5.41) is 4.61. The third-order valence-corrected chi connectivity index (χ3v) is 6.89. The molecule has 0 aliphatic carbocycles. The fraction of sp³-hybridized carbons (Fsp3) is 0.533. The van der Waals surface area contributed by atoms with Crippen LogP contribution in [0, 0.1) is 5.92 Å². The molecule has 0 spiro atoms. The van der Waals surface area contributed by atoms with E-state index >= 15 is 0 Å². The minimum absolute atomic E-state index is 0.0204. The Hall–Kier alpha value is -1.56. The van der Waals surface area contributed by atoms with Crippen LogP contribution in [0.25, 0.3) is 5.65 Å². The van der Waals surface area contributed by atoms with Crippen molar-refractivity contribution in [2.75, 3.05) is 0 Å². The Balaban J connectivity index is 1.65. The first-order valence-corrected chi connectivity index (χ1v) is 8.73. The molecule has 4 rings (SSSR count). The van der Waals surface area contributed by atoms with Crippen LogP contribution >= 0.6 is 0 Å². The lowest BCUT2D eigenvalue weighted by Gasteiger charge is -2.37. The van der Waals surface area contributed by atoms with Crippen LogP contribution in [0.5, 0.6) is 0 Å². The number of ketones is 1. The van der Waals surface area contributed by atoms with E-state index in [0.29, 0.717) is 11.2 Å². The lowest BCUT2D eigenvalue weighted by molar-refractivity contribution is 0.0897. The van der Waals surface area contributed by atoms with E-state index in [0.717, 1.165) is 32.1 Å². The molecule has 110 valence electrons. The minimum Gasteiger partial charge on any atom is -0.294 e. The molecule has 2 unspecified atom stereocenters. The summed E-state index contributed by atoms with van der Waals surface area (Å²) >= 11 is 0. The molecule has 2 atom stereocenters. The smallest absolute Gasteiger partial charge is 0.171 e. The number of rotatable bonds is 2. The van der Waals surface area contributed by atoms with Crippen molar-refractivity contribution in [3.05, 3.63) is 30.2 Å². The molecule has 2 aromatic heterocycles. The van der Waals surface area contributed by atoms with Gasteiger partial charge in [0.1, 0.15) is 0 Å². The highest BCUT2D eigenvalue weighted by Crippen LogP contribution is 2.38. The van der Waals surface area contributed by atoms with Crippen molar-refractivity contribution >= 4 is 22.2 Å². The summed E-state index contributed by atoms with van der Waals surface area (Å²) in [7, 11) is -0.736.